The summed E-state index contributed by atoms with van der Waals surface area (Å²) in [7, 11) is 0. The highest BCUT2D eigenvalue weighted by atomic mass is 79.9. The van der Waals surface area contributed by atoms with Crippen LogP contribution >= 0.6 is 27.3 Å². The number of hydrazone groups is 1. The van der Waals surface area contributed by atoms with E-state index in [4.69, 9.17) is 0 Å². The minimum absolute atomic E-state index is 0.233. The van der Waals surface area contributed by atoms with Crippen molar-refractivity contribution in [2.45, 2.75) is 6.92 Å². The standard InChI is InChI=1S/C20H15BrN4OS/c1-13-17-11-18(19(26)23-22-12-14-7-9-15(21)10-8-14)27-20(17)25(24-13)16-5-3-2-4-6-16/h2-12H,1H3,(H,23,26)/b22-12-. The lowest BCUT2D eigenvalue weighted by Crippen LogP contribution is -2.16. The lowest BCUT2D eigenvalue weighted by molar-refractivity contribution is 0.0959. The van der Waals surface area contributed by atoms with Crippen LogP contribution in [0.4, 0.5) is 0 Å². The van der Waals surface area contributed by atoms with Crippen molar-refractivity contribution in [2.24, 2.45) is 5.10 Å². The Kier molecular flexibility index (Phi) is 4.87. The molecule has 0 aliphatic rings. The van der Waals surface area contributed by atoms with Gasteiger partial charge in [0.25, 0.3) is 5.91 Å². The molecule has 0 aliphatic heterocycles. The molecule has 27 heavy (non-hydrogen) atoms. The fraction of sp³-hybridized carbons (Fsp3) is 0.0500. The first-order chi connectivity index (χ1) is 13.1. The van der Waals surface area contributed by atoms with Gasteiger partial charge in [0.15, 0.2) is 0 Å². The average molecular weight is 439 g/mol. The number of rotatable bonds is 4. The molecule has 0 atom stereocenters. The number of nitrogens with zero attached hydrogens (tertiary/aromatic N) is 3. The molecule has 134 valence electrons. The van der Waals surface area contributed by atoms with Gasteiger partial charge in [-0.05, 0) is 42.8 Å². The second-order valence-electron chi connectivity index (χ2n) is 5.91. The molecule has 0 saturated heterocycles. The Balaban J connectivity index is 1.57. The van der Waals surface area contributed by atoms with Crippen molar-refractivity contribution in [3.05, 3.63) is 81.3 Å². The summed E-state index contributed by atoms with van der Waals surface area (Å²) in [5.74, 6) is -0.233. The number of carbonyl (C=O) groups excluding carboxylic acids is 1. The number of hydrogen-bond acceptors (Lipinski definition) is 4. The number of halogens is 1. The summed E-state index contributed by atoms with van der Waals surface area (Å²) in [6.07, 6.45) is 1.62. The number of thiophene rings is 1. The molecule has 2 aromatic heterocycles. The van der Waals surface area contributed by atoms with Gasteiger partial charge in [0.2, 0.25) is 0 Å². The van der Waals surface area contributed by atoms with Gasteiger partial charge in [0, 0.05) is 9.86 Å². The second kappa shape index (κ2) is 7.46. The Hall–Kier alpha value is -2.77. The van der Waals surface area contributed by atoms with E-state index in [1.165, 1.54) is 11.3 Å². The average Bonchev–Trinajstić information content (AvgIpc) is 3.25. The molecule has 2 heterocycles. The summed E-state index contributed by atoms with van der Waals surface area (Å²) in [6, 6.07) is 19.4. The lowest BCUT2D eigenvalue weighted by Gasteiger charge is -2.01. The van der Waals surface area contributed by atoms with Crippen molar-refractivity contribution >= 4 is 49.6 Å². The predicted molar refractivity (Wildman–Crippen MR) is 113 cm³/mol. The monoisotopic (exact) mass is 438 g/mol. The van der Waals surface area contributed by atoms with Gasteiger partial charge in [-0.2, -0.15) is 10.2 Å². The van der Waals surface area contributed by atoms with Crippen LogP contribution in [-0.2, 0) is 0 Å². The number of aryl methyl sites for hydroxylation is 1. The van der Waals surface area contributed by atoms with Gasteiger partial charge in [0.05, 0.1) is 22.5 Å². The van der Waals surface area contributed by atoms with Crippen LogP contribution in [0.15, 0.2) is 70.2 Å². The van der Waals surface area contributed by atoms with Crippen molar-refractivity contribution in [3.8, 4) is 5.69 Å². The first-order valence-corrected chi connectivity index (χ1v) is 9.86. The van der Waals surface area contributed by atoms with E-state index in [1.54, 1.807) is 6.21 Å². The molecule has 0 radical (unpaired) electrons. The maximum absolute atomic E-state index is 12.5. The zero-order valence-corrected chi connectivity index (χ0v) is 16.8. The number of fused-ring (bicyclic) bond motifs is 1. The van der Waals surface area contributed by atoms with E-state index in [1.807, 2.05) is 72.3 Å². The van der Waals surface area contributed by atoms with Crippen molar-refractivity contribution in [3.63, 3.8) is 0 Å². The number of nitrogens with one attached hydrogen (secondary N) is 1. The van der Waals surface area contributed by atoms with Crippen LogP contribution in [0.5, 0.6) is 0 Å². The summed E-state index contributed by atoms with van der Waals surface area (Å²) in [6.45, 7) is 1.95. The van der Waals surface area contributed by atoms with Crippen LogP contribution in [0, 0.1) is 6.92 Å². The first-order valence-electron chi connectivity index (χ1n) is 8.25. The number of benzene rings is 2. The van der Waals surface area contributed by atoms with Crippen LogP contribution in [0.1, 0.15) is 20.9 Å². The summed E-state index contributed by atoms with van der Waals surface area (Å²) >= 11 is 4.79. The van der Waals surface area contributed by atoms with E-state index >= 15 is 0 Å². The molecule has 7 heteroatoms. The van der Waals surface area contributed by atoms with Gasteiger partial charge in [-0.25, -0.2) is 10.1 Å². The number of carbonyl (C=O) groups is 1. The first kappa shape index (κ1) is 17.6. The minimum Gasteiger partial charge on any atom is -0.266 e. The molecule has 1 amide bonds. The molecule has 1 N–H and O–H groups in total. The van der Waals surface area contributed by atoms with E-state index in [0.29, 0.717) is 4.88 Å². The zero-order valence-electron chi connectivity index (χ0n) is 14.4. The molecule has 0 aliphatic carbocycles. The summed E-state index contributed by atoms with van der Waals surface area (Å²) in [5.41, 5.74) is 5.36. The second-order valence-corrected chi connectivity index (χ2v) is 7.86. The molecule has 0 saturated carbocycles. The van der Waals surface area contributed by atoms with Gasteiger partial charge >= 0.3 is 0 Å². The van der Waals surface area contributed by atoms with Crippen LogP contribution in [-0.4, -0.2) is 21.9 Å². The maximum Gasteiger partial charge on any atom is 0.281 e. The number of hydrogen-bond donors (Lipinski definition) is 1. The van der Waals surface area contributed by atoms with Crippen LogP contribution < -0.4 is 5.43 Å². The van der Waals surface area contributed by atoms with Gasteiger partial charge in [-0.1, -0.05) is 46.3 Å². The fourth-order valence-electron chi connectivity index (χ4n) is 2.67. The van der Waals surface area contributed by atoms with Crippen LogP contribution in [0.2, 0.25) is 0 Å². The van der Waals surface area contributed by atoms with E-state index in [0.717, 1.165) is 31.6 Å². The lowest BCUT2D eigenvalue weighted by atomic mass is 10.2. The minimum atomic E-state index is -0.233. The third-order valence-electron chi connectivity index (χ3n) is 4.02. The van der Waals surface area contributed by atoms with Crippen molar-refractivity contribution in [1.29, 1.82) is 0 Å². The summed E-state index contributed by atoms with van der Waals surface area (Å²) in [4.78, 5) is 14.0. The number of aromatic nitrogens is 2. The van der Waals surface area contributed by atoms with Crippen molar-refractivity contribution in [1.82, 2.24) is 15.2 Å². The van der Waals surface area contributed by atoms with E-state index in [2.05, 4.69) is 31.6 Å². The Morgan fingerprint density at radius 2 is 1.93 bits per heavy atom. The Morgan fingerprint density at radius 1 is 1.19 bits per heavy atom. The van der Waals surface area contributed by atoms with Gasteiger partial charge in [-0.15, -0.1) is 11.3 Å². The third-order valence-corrected chi connectivity index (χ3v) is 5.66. The highest BCUT2D eigenvalue weighted by Gasteiger charge is 2.16. The molecule has 0 fully saturated rings. The molecular weight excluding hydrogens is 424 g/mol. The molecule has 0 spiro atoms. The van der Waals surface area contributed by atoms with Crippen LogP contribution in [0.3, 0.4) is 0 Å². The topological polar surface area (TPSA) is 59.3 Å². The Morgan fingerprint density at radius 3 is 2.67 bits per heavy atom. The summed E-state index contributed by atoms with van der Waals surface area (Å²) in [5, 5.41) is 9.62. The molecule has 4 rings (SSSR count). The third kappa shape index (κ3) is 3.70. The van der Waals surface area contributed by atoms with Gasteiger partial charge in [-0.3, -0.25) is 4.79 Å². The van der Waals surface area contributed by atoms with E-state index in [9.17, 15) is 4.79 Å². The Bertz CT molecular complexity index is 1130. The highest BCUT2D eigenvalue weighted by molar-refractivity contribution is 9.10. The van der Waals surface area contributed by atoms with E-state index in [-0.39, 0.29) is 5.91 Å². The molecule has 5 nitrogen and oxygen atoms in total. The Labute approximate surface area is 168 Å². The molecule has 0 bridgehead atoms. The summed E-state index contributed by atoms with van der Waals surface area (Å²) < 4.78 is 2.87. The normalized spacial score (nSPS) is 11.3. The smallest absolute Gasteiger partial charge is 0.266 e. The molecule has 0 unspecified atom stereocenters. The van der Waals surface area contributed by atoms with E-state index < -0.39 is 0 Å². The predicted octanol–water partition coefficient (Wildman–Crippen LogP) is 4.92. The molecule has 4 aromatic rings. The number of para-hydroxylation sites is 1. The molecular formula is C20H15BrN4OS. The highest BCUT2D eigenvalue weighted by Crippen LogP contribution is 2.30. The SMILES string of the molecule is Cc1nn(-c2ccccc2)c2sc(C(=O)N/N=C\c3ccc(Br)cc3)cc12. The van der Waals surface area contributed by atoms with Gasteiger partial charge in [0.1, 0.15) is 4.83 Å². The maximum atomic E-state index is 12.5. The van der Waals surface area contributed by atoms with Crippen molar-refractivity contribution < 1.29 is 4.79 Å². The molecule has 2 aromatic carbocycles. The van der Waals surface area contributed by atoms with Gasteiger partial charge < -0.3 is 0 Å². The fourth-order valence-corrected chi connectivity index (χ4v) is 4.01. The number of amides is 1. The van der Waals surface area contributed by atoms with Crippen molar-refractivity contribution in [2.75, 3.05) is 0 Å². The van der Waals surface area contributed by atoms with Crippen LogP contribution in [0.25, 0.3) is 15.9 Å². The quantitative estimate of drug-likeness (QED) is 0.363. The zero-order chi connectivity index (χ0) is 18.8. The largest absolute Gasteiger partial charge is 0.281 e.